The molecule has 3 fully saturated rings. The number of nitrogens with two attached hydrogens (primary N) is 1. The Bertz CT molecular complexity index is 1560. The van der Waals surface area contributed by atoms with Gasteiger partial charge in [0.15, 0.2) is 0 Å². The molecule has 2 bridgehead atoms. The summed E-state index contributed by atoms with van der Waals surface area (Å²) in [5, 5.41) is 23.8. The van der Waals surface area contributed by atoms with E-state index in [4.69, 9.17) is 29.4 Å². The minimum atomic E-state index is -2.50. The summed E-state index contributed by atoms with van der Waals surface area (Å²) in [5.74, 6) is -6.60. The maximum absolute atomic E-state index is 14.4. The van der Waals surface area contributed by atoms with E-state index < -0.39 is 77.8 Å². The van der Waals surface area contributed by atoms with Gasteiger partial charge in [-0.2, -0.15) is 0 Å². The van der Waals surface area contributed by atoms with Crippen LogP contribution in [0.3, 0.4) is 0 Å². The zero-order valence-electron chi connectivity index (χ0n) is 37.3. The van der Waals surface area contributed by atoms with Crippen LogP contribution >= 0.6 is 0 Å². The Morgan fingerprint density at radius 1 is 0.983 bits per heavy atom. The number of hydrogen-bond acceptors (Lipinski definition) is 12. The van der Waals surface area contributed by atoms with Crippen molar-refractivity contribution in [3.63, 3.8) is 0 Å². The van der Waals surface area contributed by atoms with Crippen molar-refractivity contribution in [2.24, 2.45) is 35.3 Å². The van der Waals surface area contributed by atoms with Crippen LogP contribution in [0.2, 0.25) is 0 Å². The molecule has 0 spiro atoms. The van der Waals surface area contributed by atoms with Crippen LogP contribution in [0.25, 0.3) is 0 Å². The van der Waals surface area contributed by atoms with E-state index in [2.05, 4.69) is 13.0 Å². The topological polar surface area (TPSA) is 184 Å². The van der Waals surface area contributed by atoms with E-state index in [1.165, 1.54) is 19.1 Å². The summed E-state index contributed by atoms with van der Waals surface area (Å²) in [6.45, 7) is 15.2. The number of aliphatic hydroxyl groups is 2. The van der Waals surface area contributed by atoms with Crippen LogP contribution in [0.4, 0.5) is 0 Å². The Labute approximate surface area is 352 Å². The van der Waals surface area contributed by atoms with Crippen molar-refractivity contribution in [2.75, 3.05) is 20.8 Å². The van der Waals surface area contributed by atoms with E-state index in [1.54, 1.807) is 13.8 Å². The number of hydrogen-bond donors (Lipinski definition) is 3. The Kier molecular flexibility index (Phi) is 17.9. The minimum Gasteiger partial charge on any atom is -0.494 e. The van der Waals surface area contributed by atoms with E-state index >= 15 is 0 Å². The normalized spacial score (nSPS) is 40.3. The van der Waals surface area contributed by atoms with Crippen LogP contribution in [0, 0.1) is 29.6 Å². The van der Waals surface area contributed by atoms with Crippen molar-refractivity contribution in [3.05, 3.63) is 35.1 Å². The maximum Gasteiger partial charge on any atom is 0.329 e. The molecule has 0 radical (unpaired) electrons. The average Bonchev–Trinajstić information content (AvgIpc) is 3.21. The standard InChI is InChI=1S/C46H74N2O11/c1-11-30(7)57-38-24-32(16-17-34(38)47)22-28(5)41-31(8)36(49)25-37(50)33(12-2)20-26(3)19-27(4)21-39(55-9)42-40(56-10)23-29(6)46(54,59-42)43(51)44(52)48-18-14-13-15-35(48)45(53)58-41/h11,20,22,27,29,31-36,38-42,49,54H,12-19,21,23-25,47H2,1-10H3/b26-20+,28-22?,30-11?. The van der Waals surface area contributed by atoms with E-state index in [1.807, 2.05) is 46.8 Å². The smallest absolute Gasteiger partial charge is 0.329 e. The van der Waals surface area contributed by atoms with Crippen LogP contribution < -0.4 is 5.73 Å². The number of allylic oxidation sites excluding steroid dienone is 5. The first-order chi connectivity index (χ1) is 27.9. The highest BCUT2D eigenvalue weighted by Crippen LogP contribution is 2.39. The lowest BCUT2D eigenvalue weighted by molar-refractivity contribution is -0.302. The summed E-state index contributed by atoms with van der Waals surface area (Å²) in [5.41, 5.74) is 8.16. The van der Waals surface area contributed by atoms with Gasteiger partial charge in [0.05, 0.1) is 24.1 Å². The van der Waals surface area contributed by atoms with Crippen LogP contribution in [-0.2, 0) is 42.9 Å². The number of Topliss-reactive ketones (excluding diaryl/α,β-unsaturated/α-hetero) is 2. The summed E-state index contributed by atoms with van der Waals surface area (Å²) in [4.78, 5) is 58.0. The fraction of sp³-hybridized carbons (Fsp3) is 0.783. The monoisotopic (exact) mass is 831 g/mol. The molecule has 1 saturated carbocycles. The van der Waals surface area contributed by atoms with E-state index in [0.717, 1.165) is 24.2 Å². The SMILES string of the molecule is CC=C(C)OC1CC(C=C(C)C2OC(=O)C3CCCCN3C(=O)C(=O)C3(O)OC(C(OC)CC(C)C/C(C)=C/C(CC)C(=O)CC(O)C2C)C(OC)CC3C)CCC1N. The zero-order chi connectivity index (χ0) is 43.8. The lowest BCUT2D eigenvalue weighted by Crippen LogP contribution is -2.64. The second-order valence-corrected chi connectivity index (χ2v) is 18.0. The highest BCUT2D eigenvalue weighted by molar-refractivity contribution is 6.39. The number of carbonyl (C=O) groups is 4. The minimum absolute atomic E-state index is 0.0380. The molecule has 3 heterocycles. The quantitative estimate of drug-likeness (QED) is 0.123. The molecule has 2 saturated heterocycles. The maximum atomic E-state index is 14.4. The molecular weight excluding hydrogens is 757 g/mol. The van der Waals surface area contributed by atoms with E-state index in [0.29, 0.717) is 44.1 Å². The number of fused-ring (bicyclic) bond motifs is 3. The summed E-state index contributed by atoms with van der Waals surface area (Å²) in [7, 11) is 3.08. The summed E-state index contributed by atoms with van der Waals surface area (Å²) >= 11 is 0. The van der Waals surface area contributed by atoms with Gasteiger partial charge in [0, 0.05) is 51.0 Å². The molecule has 13 nitrogen and oxygen atoms in total. The van der Waals surface area contributed by atoms with Gasteiger partial charge in [-0.25, -0.2) is 4.79 Å². The number of carbonyl (C=O) groups excluding carboxylic acids is 4. The van der Waals surface area contributed by atoms with Gasteiger partial charge in [0.25, 0.3) is 11.7 Å². The van der Waals surface area contributed by atoms with Crippen LogP contribution in [0.1, 0.15) is 126 Å². The largest absolute Gasteiger partial charge is 0.494 e. The number of piperidine rings is 1. The Balaban J connectivity index is 1.76. The number of esters is 1. The highest BCUT2D eigenvalue weighted by atomic mass is 16.7. The second-order valence-electron chi connectivity index (χ2n) is 18.0. The Morgan fingerprint density at radius 3 is 2.31 bits per heavy atom. The van der Waals surface area contributed by atoms with Crippen LogP contribution in [0.5, 0.6) is 0 Å². The first-order valence-corrected chi connectivity index (χ1v) is 22.0. The summed E-state index contributed by atoms with van der Waals surface area (Å²) < 4.78 is 30.5. The molecule has 1 amide bonds. The van der Waals surface area contributed by atoms with Crippen molar-refractivity contribution >= 4 is 23.4 Å². The van der Waals surface area contributed by atoms with Crippen molar-refractivity contribution in [1.29, 1.82) is 0 Å². The second kappa shape index (κ2) is 21.7. The van der Waals surface area contributed by atoms with Crippen molar-refractivity contribution in [2.45, 2.75) is 181 Å². The van der Waals surface area contributed by atoms with Gasteiger partial charge in [-0.3, -0.25) is 14.4 Å². The van der Waals surface area contributed by atoms with Gasteiger partial charge in [-0.1, -0.05) is 45.4 Å². The summed E-state index contributed by atoms with van der Waals surface area (Å²) in [6, 6.07) is -1.26. The number of ketones is 2. The van der Waals surface area contributed by atoms with Crippen molar-refractivity contribution < 1.29 is 53.1 Å². The predicted molar refractivity (Wildman–Crippen MR) is 224 cm³/mol. The van der Waals surface area contributed by atoms with Crippen molar-refractivity contribution in [3.8, 4) is 0 Å². The molecule has 334 valence electrons. The fourth-order valence-corrected chi connectivity index (χ4v) is 9.62. The first-order valence-electron chi connectivity index (χ1n) is 22.0. The molecular formula is C46H74N2O11. The number of nitrogens with zero attached hydrogens (tertiary/aromatic N) is 1. The molecule has 4 N–H and O–H groups in total. The third kappa shape index (κ3) is 11.9. The molecule has 0 aromatic carbocycles. The first kappa shape index (κ1) is 48.7. The third-order valence-electron chi connectivity index (χ3n) is 13.4. The Hall–Kier alpha value is -2.94. The highest BCUT2D eigenvalue weighted by Gasteiger charge is 2.56. The molecule has 14 unspecified atom stereocenters. The molecule has 4 aliphatic rings. The van der Waals surface area contributed by atoms with Crippen LogP contribution in [-0.4, -0.2) is 114 Å². The predicted octanol–water partition coefficient (Wildman–Crippen LogP) is 5.73. The molecule has 1 aliphatic carbocycles. The van der Waals surface area contributed by atoms with Crippen molar-refractivity contribution in [1.82, 2.24) is 4.90 Å². The lowest BCUT2D eigenvalue weighted by Gasteiger charge is -2.47. The third-order valence-corrected chi connectivity index (χ3v) is 13.4. The molecule has 4 rings (SSSR count). The number of rotatable bonds is 7. The molecule has 0 aromatic heterocycles. The number of methoxy groups -OCH3 is 2. The molecule has 0 aromatic rings. The molecule has 59 heavy (non-hydrogen) atoms. The van der Waals surface area contributed by atoms with Gasteiger partial charge in [0.2, 0.25) is 5.79 Å². The van der Waals surface area contributed by atoms with Gasteiger partial charge in [0.1, 0.15) is 30.1 Å². The van der Waals surface area contributed by atoms with Gasteiger partial charge >= 0.3 is 5.97 Å². The molecule has 13 heteroatoms. The zero-order valence-corrected chi connectivity index (χ0v) is 37.3. The van der Waals surface area contributed by atoms with Gasteiger partial charge in [-0.15, -0.1) is 0 Å². The lowest BCUT2D eigenvalue weighted by atomic mass is 9.81. The van der Waals surface area contributed by atoms with Gasteiger partial charge in [-0.05, 0) is 115 Å². The molecule has 3 aliphatic heterocycles. The van der Waals surface area contributed by atoms with Gasteiger partial charge < -0.3 is 44.5 Å². The number of amides is 1. The molecule has 14 atom stereocenters. The number of ether oxygens (including phenoxy) is 5. The van der Waals surface area contributed by atoms with E-state index in [9.17, 15) is 29.4 Å². The average molecular weight is 831 g/mol. The van der Waals surface area contributed by atoms with Crippen LogP contribution in [0.15, 0.2) is 35.1 Å². The fourth-order valence-electron chi connectivity index (χ4n) is 9.62. The number of aliphatic hydroxyl groups excluding tert-OH is 1. The Morgan fingerprint density at radius 2 is 1.66 bits per heavy atom. The number of cyclic esters (lactones) is 1. The summed E-state index contributed by atoms with van der Waals surface area (Å²) in [6.07, 6.45) is 6.89. The van der Waals surface area contributed by atoms with E-state index in [-0.39, 0.29) is 55.6 Å².